The zero-order valence-corrected chi connectivity index (χ0v) is 11.9. The average molecular weight is 284 g/mol. The van der Waals surface area contributed by atoms with Gasteiger partial charge in [-0.2, -0.15) is 0 Å². The highest BCUT2D eigenvalue weighted by Gasteiger charge is 2.20. The highest BCUT2D eigenvalue weighted by atomic mass is 16.1. The van der Waals surface area contributed by atoms with E-state index in [4.69, 9.17) is 5.73 Å². The maximum atomic E-state index is 11.7. The molecule has 5 nitrogen and oxygen atoms in total. The van der Waals surface area contributed by atoms with E-state index in [1.54, 1.807) is 0 Å². The first-order chi connectivity index (χ1) is 10.3. The van der Waals surface area contributed by atoms with Gasteiger partial charge in [-0.1, -0.05) is 18.2 Å². The number of nitrogens with two attached hydrogens (primary N) is 1. The average Bonchev–Trinajstić information content (AvgIpc) is 2.55. The number of rotatable bonds is 3. The summed E-state index contributed by atoms with van der Waals surface area (Å²) in [7, 11) is 0. The third kappa shape index (κ3) is 2.78. The van der Waals surface area contributed by atoms with E-state index >= 15 is 0 Å². The molecule has 1 amide bonds. The van der Waals surface area contributed by atoms with E-state index in [1.165, 1.54) is 5.69 Å². The van der Waals surface area contributed by atoms with Crippen molar-refractivity contribution in [2.75, 3.05) is 37.6 Å². The van der Waals surface area contributed by atoms with Gasteiger partial charge in [0.2, 0.25) is 5.91 Å². The van der Waals surface area contributed by atoms with Gasteiger partial charge in [0, 0.05) is 49.5 Å². The number of hydrogen-bond acceptors (Lipinski definition) is 4. The molecule has 0 saturated carbocycles. The molecule has 21 heavy (non-hydrogen) atoms. The quantitative estimate of drug-likeness (QED) is 0.754. The number of nitrogens with zero attached hydrogens (tertiary/aromatic N) is 1. The Morgan fingerprint density at radius 2 is 1.95 bits per heavy atom. The molecule has 2 heterocycles. The molecule has 1 fully saturated rings. The van der Waals surface area contributed by atoms with Crippen molar-refractivity contribution in [2.24, 2.45) is 5.73 Å². The van der Waals surface area contributed by atoms with Crippen molar-refractivity contribution in [3.8, 4) is 0 Å². The van der Waals surface area contributed by atoms with Crippen molar-refractivity contribution < 1.29 is 4.79 Å². The minimum atomic E-state index is -0.364. The molecule has 0 unspecified atom stereocenters. The van der Waals surface area contributed by atoms with Crippen LogP contribution in [0.15, 0.2) is 42.1 Å². The van der Waals surface area contributed by atoms with Gasteiger partial charge >= 0.3 is 0 Å². The van der Waals surface area contributed by atoms with Crippen LogP contribution in [0.3, 0.4) is 0 Å². The first-order valence-corrected chi connectivity index (χ1v) is 7.25. The molecule has 0 aliphatic carbocycles. The lowest BCUT2D eigenvalue weighted by Crippen LogP contribution is -2.43. The standard InChI is InChI=1S/C16H20N4O/c17-16(21)14-11-19-6-5-12(14)13-3-1-2-4-15(13)20-9-7-18-8-10-20/h1-6,18-19H,7-11H2,(H2,17,21). The molecule has 0 radical (unpaired) electrons. The summed E-state index contributed by atoms with van der Waals surface area (Å²) in [5.74, 6) is -0.364. The number of nitrogens with one attached hydrogen (secondary N) is 2. The lowest BCUT2D eigenvalue weighted by Gasteiger charge is -2.32. The summed E-state index contributed by atoms with van der Waals surface area (Å²) in [5, 5.41) is 6.41. The molecule has 110 valence electrons. The molecular formula is C16H20N4O. The number of para-hydroxylation sites is 1. The number of piperazine rings is 1. The largest absolute Gasteiger partial charge is 0.387 e. The first-order valence-electron chi connectivity index (χ1n) is 7.25. The van der Waals surface area contributed by atoms with Gasteiger partial charge in [0.15, 0.2) is 0 Å². The normalized spacial score (nSPS) is 18.6. The molecule has 1 saturated heterocycles. The van der Waals surface area contributed by atoms with Crippen LogP contribution in [0, 0.1) is 0 Å². The highest BCUT2D eigenvalue weighted by Crippen LogP contribution is 2.31. The molecule has 0 atom stereocenters. The van der Waals surface area contributed by atoms with Crippen molar-refractivity contribution in [3.63, 3.8) is 0 Å². The fourth-order valence-electron chi connectivity index (χ4n) is 2.85. The van der Waals surface area contributed by atoms with E-state index in [0.717, 1.165) is 37.3 Å². The van der Waals surface area contributed by atoms with Crippen LogP contribution in [0.25, 0.3) is 5.57 Å². The van der Waals surface area contributed by atoms with Crippen molar-refractivity contribution >= 4 is 17.2 Å². The second-order valence-corrected chi connectivity index (χ2v) is 5.22. The number of primary amides is 1. The van der Waals surface area contributed by atoms with E-state index in [-0.39, 0.29) is 5.91 Å². The van der Waals surface area contributed by atoms with Gasteiger partial charge in [-0.3, -0.25) is 4.79 Å². The molecule has 0 bridgehead atoms. The van der Waals surface area contributed by atoms with Crippen molar-refractivity contribution in [2.45, 2.75) is 0 Å². The third-order valence-electron chi connectivity index (χ3n) is 3.92. The summed E-state index contributed by atoms with van der Waals surface area (Å²) in [5.41, 5.74) is 9.34. The Hall–Kier alpha value is -2.27. The minimum absolute atomic E-state index is 0.364. The highest BCUT2D eigenvalue weighted by molar-refractivity contribution is 6.04. The Bertz CT molecular complexity index is 600. The number of allylic oxidation sites excluding steroid dienone is 2. The van der Waals surface area contributed by atoms with E-state index in [0.29, 0.717) is 12.1 Å². The van der Waals surface area contributed by atoms with Crippen LogP contribution in [0.1, 0.15) is 5.56 Å². The van der Waals surface area contributed by atoms with E-state index in [2.05, 4.69) is 27.7 Å². The zero-order valence-electron chi connectivity index (χ0n) is 11.9. The molecule has 2 aliphatic heterocycles. The van der Waals surface area contributed by atoms with Crippen LogP contribution < -0.4 is 21.3 Å². The number of carbonyl (C=O) groups excluding carboxylic acids is 1. The van der Waals surface area contributed by atoms with Crippen LogP contribution >= 0.6 is 0 Å². The maximum absolute atomic E-state index is 11.7. The van der Waals surface area contributed by atoms with E-state index < -0.39 is 0 Å². The number of hydrogen-bond donors (Lipinski definition) is 3. The third-order valence-corrected chi connectivity index (χ3v) is 3.92. The Morgan fingerprint density at radius 3 is 2.71 bits per heavy atom. The summed E-state index contributed by atoms with van der Waals surface area (Å²) in [6.45, 7) is 4.38. The van der Waals surface area contributed by atoms with Crippen molar-refractivity contribution in [1.29, 1.82) is 0 Å². The van der Waals surface area contributed by atoms with Gasteiger partial charge in [0.1, 0.15) is 0 Å². The second-order valence-electron chi connectivity index (χ2n) is 5.22. The molecule has 1 aromatic rings. The fourth-order valence-corrected chi connectivity index (χ4v) is 2.85. The van der Waals surface area contributed by atoms with Gasteiger partial charge in [-0.15, -0.1) is 0 Å². The Kier molecular flexibility index (Phi) is 3.92. The van der Waals surface area contributed by atoms with Gasteiger partial charge in [0.05, 0.1) is 0 Å². The molecular weight excluding hydrogens is 264 g/mol. The lowest BCUT2D eigenvalue weighted by atomic mass is 9.95. The SMILES string of the molecule is NC(=O)C1=C(c2ccccc2N2CCNCC2)C=CNC1. The summed E-state index contributed by atoms with van der Waals surface area (Å²) in [6, 6.07) is 8.21. The van der Waals surface area contributed by atoms with Crippen molar-refractivity contribution in [1.82, 2.24) is 10.6 Å². The maximum Gasteiger partial charge on any atom is 0.247 e. The van der Waals surface area contributed by atoms with Gasteiger partial charge in [-0.05, 0) is 23.9 Å². The Balaban J connectivity index is 2.05. The molecule has 3 rings (SSSR count). The molecule has 0 aromatic heterocycles. The second kappa shape index (κ2) is 6.01. The smallest absolute Gasteiger partial charge is 0.247 e. The van der Waals surface area contributed by atoms with Crippen LogP contribution in [0.2, 0.25) is 0 Å². The van der Waals surface area contributed by atoms with Gasteiger partial charge < -0.3 is 21.3 Å². The molecule has 5 heteroatoms. The topological polar surface area (TPSA) is 70.4 Å². The lowest BCUT2D eigenvalue weighted by molar-refractivity contribution is -0.114. The van der Waals surface area contributed by atoms with Crippen LogP contribution in [-0.2, 0) is 4.79 Å². The number of amides is 1. The monoisotopic (exact) mass is 284 g/mol. The summed E-state index contributed by atoms with van der Waals surface area (Å²) < 4.78 is 0. The first kappa shape index (κ1) is 13.7. The number of anilines is 1. The summed E-state index contributed by atoms with van der Waals surface area (Å²) in [4.78, 5) is 14.0. The predicted octanol–water partition coefficient (Wildman–Crippen LogP) is 0.452. The van der Waals surface area contributed by atoms with Crippen LogP contribution in [-0.4, -0.2) is 38.6 Å². The summed E-state index contributed by atoms with van der Waals surface area (Å²) >= 11 is 0. The number of carbonyl (C=O) groups is 1. The minimum Gasteiger partial charge on any atom is -0.387 e. The van der Waals surface area contributed by atoms with Crippen LogP contribution in [0.5, 0.6) is 0 Å². The predicted molar refractivity (Wildman–Crippen MR) is 84.8 cm³/mol. The van der Waals surface area contributed by atoms with E-state index in [9.17, 15) is 4.79 Å². The molecule has 2 aliphatic rings. The molecule has 1 aromatic carbocycles. The van der Waals surface area contributed by atoms with E-state index in [1.807, 2.05) is 24.4 Å². The zero-order chi connectivity index (χ0) is 14.7. The fraction of sp³-hybridized carbons (Fsp3) is 0.312. The molecule has 0 spiro atoms. The number of benzene rings is 1. The van der Waals surface area contributed by atoms with Crippen LogP contribution in [0.4, 0.5) is 5.69 Å². The number of dihydropyridines is 1. The Morgan fingerprint density at radius 1 is 1.19 bits per heavy atom. The van der Waals surface area contributed by atoms with Crippen molar-refractivity contribution in [3.05, 3.63) is 47.7 Å². The summed E-state index contributed by atoms with van der Waals surface area (Å²) in [6.07, 6.45) is 3.81. The van der Waals surface area contributed by atoms with Gasteiger partial charge in [-0.25, -0.2) is 0 Å². The van der Waals surface area contributed by atoms with Gasteiger partial charge in [0.25, 0.3) is 0 Å². The molecule has 4 N–H and O–H groups in total. The Labute approximate surface area is 124 Å².